The number of esters is 1. The number of hydrogen-bond donors (Lipinski definition) is 0. The molecule has 0 spiro atoms. The fourth-order valence-electron chi connectivity index (χ4n) is 3.40. The van der Waals surface area contributed by atoms with Crippen molar-refractivity contribution < 1.29 is 23.5 Å². The minimum atomic E-state index is -0.738. The predicted molar refractivity (Wildman–Crippen MR) is 102 cm³/mol. The standard InChI is InChI=1S/C21H17FN2O5/c1-28-18-7-5-13(22)10-15(18)17(25)11-29-21(27)12-4-6-14-16(9-12)23-19-3-2-8-24(19)20(14)26/h4-7,9-10H,2-3,8,11H2,1H3. The van der Waals surface area contributed by atoms with Crippen molar-refractivity contribution in [3.05, 3.63) is 69.5 Å². The molecule has 0 unspecified atom stereocenters. The van der Waals surface area contributed by atoms with Crippen molar-refractivity contribution in [2.75, 3.05) is 13.7 Å². The SMILES string of the molecule is COc1ccc(F)cc1C(=O)COC(=O)c1ccc2c(=O)n3c(nc2c1)CCC3. The fraction of sp³-hybridized carbons (Fsp3) is 0.238. The lowest BCUT2D eigenvalue weighted by molar-refractivity contribution is 0.0474. The molecule has 7 nitrogen and oxygen atoms in total. The van der Waals surface area contributed by atoms with Crippen LogP contribution in [0.25, 0.3) is 10.9 Å². The van der Waals surface area contributed by atoms with Crippen LogP contribution in [0, 0.1) is 5.82 Å². The zero-order chi connectivity index (χ0) is 20.5. The van der Waals surface area contributed by atoms with Crippen molar-refractivity contribution in [2.24, 2.45) is 0 Å². The molecule has 2 aromatic carbocycles. The lowest BCUT2D eigenvalue weighted by Crippen LogP contribution is -2.21. The highest BCUT2D eigenvalue weighted by atomic mass is 19.1. The van der Waals surface area contributed by atoms with Gasteiger partial charge in [-0.25, -0.2) is 14.2 Å². The highest BCUT2D eigenvalue weighted by Crippen LogP contribution is 2.20. The summed E-state index contributed by atoms with van der Waals surface area (Å²) in [4.78, 5) is 41.6. The maximum atomic E-state index is 13.4. The fourth-order valence-corrected chi connectivity index (χ4v) is 3.40. The molecule has 8 heteroatoms. The summed E-state index contributed by atoms with van der Waals surface area (Å²) in [6.07, 6.45) is 1.57. The molecule has 1 aliphatic rings. The molecule has 0 radical (unpaired) electrons. The van der Waals surface area contributed by atoms with Gasteiger partial charge in [-0.3, -0.25) is 14.2 Å². The van der Waals surface area contributed by atoms with Gasteiger partial charge in [-0.2, -0.15) is 0 Å². The van der Waals surface area contributed by atoms with Crippen molar-refractivity contribution in [3.63, 3.8) is 0 Å². The predicted octanol–water partition coefficient (Wildman–Crippen LogP) is 2.53. The quantitative estimate of drug-likeness (QED) is 0.487. The molecule has 0 N–H and O–H groups in total. The first-order valence-electron chi connectivity index (χ1n) is 9.05. The Labute approximate surface area is 164 Å². The summed E-state index contributed by atoms with van der Waals surface area (Å²) in [7, 11) is 1.36. The molecule has 0 aliphatic carbocycles. The summed E-state index contributed by atoms with van der Waals surface area (Å²) in [6.45, 7) is 0.0729. The highest BCUT2D eigenvalue weighted by Gasteiger charge is 2.19. The number of ketones is 1. The van der Waals surface area contributed by atoms with Gasteiger partial charge in [-0.15, -0.1) is 0 Å². The van der Waals surface area contributed by atoms with Crippen molar-refractivity contribution >= 4 is 22.7 Å². The van der Waals surface area contributed by atoms with Crippen LogP contribution in [0.4, 0.5) is 4.39 Å². The number of hydrogen-bond acceptors (Lipinski definition) is 6. The summed E-state index contributed by atoms with van der Waals surface area (Å²) in [5.74, 6) is -1.04. The molecule has 29 heavy (non-hydrogen) atoms. The molecule has 4 rings (SSSR count). The number of fused-ring (bicyclic) bond motifs is 2. The second-order valence-corrected chi connectivity index (χ2v) is 6.66. The van der Waals surface area contributed by atoms with E-state index in [9.17, 15) is 18.8 Å². The number of methoxy groups -OCH3 is 1. The number of nitrogens with zero attached hydrogens (tertiary/aromatic N) is 2. The van der Waals surface area contributed by atoms with Gasteiger partial charge in [0.15, 0.2) is 6.61 Å². The molecule has 0 atom stereocenters. The molecular weight excluding hydrogens is 379 g/mol. The zero-order valence-electron chi connectivity index (χ0n) is 15.6. The zero-order valence-corrected chi connectivity index (χ0v) is 15.6. The van der Waals surface area contributed by atoms with Gasteiger partial charge in [-0.1, -0.05) is 0 Å². The van der Waals surface area contributed by atoms with E-state index in [4.69, 9.17) is 9.47 Å². The van der Waals surface area contributed by atoms with Gasteiger partial charge in [0.2, 0.25) is 5.78 Å². The topological polar surface area (TPSA) is 87.5 Å². The molecule has 0 saturated heterocycles. The van der Waals surface area contributed by atoms with Crippen LogP contribution in [-0.4, -0.2) is 35.0 Å². The Bertz CT molecular complexity index is 1200. The van der Waals surface area contributed by atoms with Crippen molar-refractivity contribution in [3.8, 4) is 5.75 Å². The van der Waals surface area contributed by atoms with Crippen LogP contribution >= 0.6 is 0 Å². The maximum Gasteiger partial charge on any atom is 0.338 e. The Morgan fingerprint density at radius 1 is 1.21 bits per heavy atom. The van der Waals surface area contributed by atoms with Gasteiger partial charge in [0.25, 0.3) is 5.56 Å². The molecule has 0 bridgehead atoms. The molecule has 3 aromatic rings. The molecule has 1 aliphatic heterocycles. The Kier molecular flexibility index (Phi) is 4.84. The molecule has 0 amide bonds. The Balaban J connectivity index is 1.54. The van der Waals surface area contributed by atoms with Crippen LogP contribution in [0.5, 0.6) is 5.75 Å². The van der Waals surface area contributed by atoms with E-state index >= 15 is 0 Å². The van der Waals surface area contributed by atoms with Crippen molar-refractivity contribution in [1.29, 1.82) is 0 Å². The molecule has 1 aromatic heterocycles. The third kappa shape index (κ3) is 3.49. The smallest absolute Gasteiger partial charge is 0.338 e. The van der Waals surface area contributed by atoms with E-state index in [1.807, 2.05) is 0 Å². The van der Waals surface area contributed by atoms with Crippen LogP contribution in [-0.2, 0) is 17.7 Å². The summed E-state index contributed by atoms with van der Waals surface area (Å²) in [5, 5.41) is 0.424. The summed E-state index contributed by atoms with van der Waals surface area (Å²) >= 11 is 0. The van der Waals surface area contributed by atoms with Gasteiger partial charge in [0.05, 0.1) is 29.1 Å². The van der Waals surface area contributed by atoms with Crippen molar-refractivity contribution in [2.45, 2.75) is 19.4 Å². The summed E-state index contributed by atoms with van der Waals surface area (Å²) in [6, 6.07) is 8.00. The van der Waals surface area contributed by atoms with Crippen LogP contribution in [0.2, 0.25) is 0 Å². The number of aryl methyl sites for hydroxylation is 1. The summed E-state index contributed by atoms with van der Waals surface area (Å²) < 4.78 is 25.2. The van der Waals surface area contributed by atoms with E-state index < -0.39 is 24.2 Å². The largest absolute Gasteiger partial charge is 0.496 e. The molecule has 148 valence electrons. The minimum Gasteiger partial charge on any atom is -0.496 e. The van der Waals surface area contributed by atoms with E-state index in [2.05, 4.69) is 4.98 Å². The van der Waals surface area contributed by atoms with Crippen LogP contribution < -0.4 is 10.3 Å². The van der Waals surface area contributed by atoms with Gasteiger partial charge in [-0.05, 0) is 42.8 Å². The third-order valence-corrected chi connectivity index (χ3v) is 4.85. The van der Waals surface area contributed by atoms with E-state index in [1.54, 1.807) is 4.57 Å². The van der Waals surface area contributed by atoms with Crippen LogP contribution in [0.15, 0.2) is 41.2 Å². The lowest BCUT2D eigenvalue weighted by Gasteiger charge is -2.09. The van der Waals surface area contributed by atoms with Crippen molar-refractivity contribution in [1.82, 2.24) is 9.55 Å². The van der Waals surface area contributed by atoms with Gasteiger partial charge in [0.1, 0.15) is 17.4 Å². The third-order valence-electron chi connectivity index (χ3n) is 4.85. The Morgan fingerprint density at radius 3 is 2.83 bits per heavy atom. The van der Waals surface area contributed by atoms with Crippen LogP contribution in [0.3, 0.4) is 0 Å². The number of carbonyl (C=O) groups excluding carboxylic acids is 2. The Morgan fingerprint density at radius 2 is 2.03 bits per heavy atom. The number of halogens is 1. The molecule has 2 heterocycles. The second-order valence-electron chi connectivity index (χ2n) is 6.66. The van der Waals surface area contributed by atoms with Gasteiger partial charge >= 0.3 is 5.97 Å². The average Bonchev–Trinajstić information content (AvgIpc) is 3.20. The first-order valence-corrected chi connectivity index (χ1v) is 9.05. The van der Waals surface area contributed by atoms with Crippen LogP contribution in [0.1, 0.15) is 33.0 Å². The normalized spacial score (nSPS) is 12.6. The monoisotopic (exact) mass is 396 g/mol. The van der Waals surface area contributed by atoms with E-state index in [0.29, 0.717) is 29.7 Å². The summed E-state index contributed by atoms with van der Waals surface area (Å²) in [5.41, 5.74) is 0.446. The van der Waals surface area contributed by atoms with E-state index in [-0.39, 0.29) is 22.4 Å². The number of carbonyl (C=O) groups is 2. The molecule has 0 saturated carbocycles. The first kappa shape index (κ1) is 18.8. The maximum absolute atomic E-state index is 13.4. The number of ether oxygens (including phenoxy) is 2. The molecular formula is C21H17FN2O5. The highest BCUT2D eigenvalue weighted by molar-refractivity contribution is 6.01. The number of rotatable bonds is 5. The van der Waals surface area contributed by atoms with E-state index in [0.717, 1.165) is 12.5 Å². The Hall–Kier alpha value is -3.55. The van der Waals surface area contributed by atoms with Gasteiger partial charge in [0, 0.05) is 13.0 Å². The number of aromatic nitrogens is 2. The number of Topliss-reactive ketones (excluding diaryl/α,β-unsaturated/α-hetero) is 1. The first-order chi connectivity index (χ1) is 14.0. The lowest BCUT2D eigenvalue weighted by atomic mass is 10.1. The number of benzene rings is 2. The van der Waals surface area contributed by atoms with Gasteiger partial charge < -0.3 is 9.47 Å². The second kappa shape index (κ2) is 7.46. The minimum absolute atomic E-state index is 0.0101. The van der Waals surface area contributed by atoms with E-state index in [1.165, 1.54) is 37.4 Å². The molecule has 0 fully saturated rings. The average molecular weight is 396 g/mol.